The molecule has 8 nitrogen and oxygen atoms in total. The summed E-state index contributed by atoms with van der Waals surface area (Å²) in [5.41, 5.74) is 2.37. The van der Waals surface area contributed by atoms with E-state index in [-0.39, 0.29) is 31.3 Å². The van der Waals surface area contributed by atoms with Gasteiger partial charge in [0.1, 0.15) is 18.0 Å². The number of likely N-dealkylation sites (tertiary alicyclic amines) is 1. The number of amides is 1. The van der Waals surface area contributed by atoms with Crippen LogP contribution >= 0.6 is 7.82 Å². The second kappa shape index (κ2) is 13.6. The number of unbranched alkanes of at least 4 members (excludes halogenated alkanes) is 2. The average molecular weight is 493 g/mol. The Bertz CT molecular complexity index is 930. The van der Waals surface area contributed by atoms with E-state index >= 15 is 0 Å². The van der Waals surface area contributed by atoms with Gasteiger partial charge in [-0.15, -0.1) is 0 Å². The molecule has 1 unspecified atom stereocenters. The number of rotatable bonds is 13. The van der Waals surface area contributed by atoms with Crippen LogP contribution in [0.25, 0.3) is 0 Å². The molecule has 188 valence electrons. The van der Waals surface area contributed by atoms with Gasteiger partial charge in [-0.3, -0.25) is 9.32 Å². The SMILES string of the molecule is CCCCC(Oc1cccc(CCCCC(=O)N2CC(OP(=O)(O)O)C2)c1)c1ccccc1.N. The maximum Gasteiger partial charge on any atom is 0.469 e. The summed E-state index contributed by atoms with van der Waals surface area (Å²) in [7, 11) is -4.49. The normalized spacial score (nSPS) is 14.7. The number of carbonyl (C=O) groups is 1. The van der Waals surface area contributed by atoms with Crippen LogP contribution in [0.2, 0.25) is 0 Å². The Morgan fingerprint density at radius 1 is 1.09 bits per heavy atom. The molecule has 1 aliphatic rings. The van der Waals surface area contributed by atoms with Gasteiger partial charge in [-0.1, -0.05) is 55.8 Å². The molecular formula is C25H37N2O6P. The summed E-state index contributed by atoms with van der Waals surface area (Å²) in [5, 5.41) is 0. The minimum Gasteiger partial charge on any atom is -0.486 e. The molecule has 1 atom stereocenters. The van der Waals surface area contributed by atoms with Crippen LogP contribution in [-0.4, -0.2) is 39.8 Å². The van der Waals surface area contributed by atoms with Crippen molar-refractivity contribution in [3.63, 3.8) is 0 Å². The molecule has 0 bridgehead atoms. The highest BCUT2D eigenvalue weighted by Gasteiger charge is 2.35. The van der Waals surface area contributed by atoms with E-state index in [0.717, 1.165) is 44.3 Å². The number of phosphoric acid groups is 1. The molecule has 1 amide bonds. The summed E-state index contributed by atoms with van der Waals surface area (Å²) in [6.45, 7) is 2.66. The molecule has 34 heavy (non-hydrogen) atoms. The van der Waals surface area contributed by atoms with E-state index in [4.69, 9.17) is 14.5 Å². The third kappa shape index (κ3) is 9.20. The van der Waals surface area contributed by atoms with Crippen LogP contribution in [0, 0.1) is 0 Å². The quantitative estimate of drug-likeness (QED) is 0.259. The molecule has 9 heteroatoms. The first kappa shape index (κ1) is 28.0. The van der Waals surface area contributed by atoms with Gasteiger partial charge in [0.25, 0.3) is 0 Å². The summed E-state index contributed by atoms with van der Waals surface area (Å²) in [6, 6.07) is 18.5. The van der Waals surface area contributed by atoms with Crippen molar-refractivity contribution < 1.29 is 28.4 Å². The van der Waals surface area contributed by atoms with Gasteiger partial charge in [0.2, 0.25) is 5.91 Å². The Labute approximate surface area is 202 Å². The van der Waals surface area contributed by atoms with Crippen molar-refractivity contribution >= 4 is 13.7 Å². The van der Waals surface area contributed by atoms with Crippen LogP contribution in [-0.2, 0) is 20.3 Å². The Morgan fingerprint density at radius 3 is 2.50 bits per heavy atom. The van der Waals surface area contributed by atoms with Gasteiger partial charge >= 0.3 is 7.82 Å². The molecule has 0 aliphatic carbocycles. The van der Waals surface area contributed by atoms with Crippen LogP contribution in [0.3, 0.4) is 0 Å². The first-order valence-corrected chi connectivity index (χ1v) is 13.2. The molecule has 1 fully saturated rings. The second-order valence-corrected chi connectivity index (χ2v) is 9.72. The summed E-state index contributed by atoms with van der Waals surface area (Å²) < 4.78 is 21.8. The molecule has 2 aromatic carbocycles. The molecular weight excluding hydrogens is 455 g/mol. The van der Waals surface area contributed by atoms with Gasteiger partial charge in [-0.05, 0) is 55.4 Å². The Morgan fingerprint density at radius 2 is 1.82 bits per heavy atom. The molecule has 1 aliphatic heterocycles. The molecule has 0 aromatic heterocycles. The lowest BCUT2D eigenvalue weighted by atomic mass is 10.0. The molecule has 2 aromatic rings. The zero-order valence-corrected chi connectivity index (χ0v) is 20.7. The number of aryl methyl sites for hydroxylation is 1. The smallest absolute Gasteiger partial charge is 0.469 e. The Hall–Kier alpha value is -2.22. The van der Waals surface area contributed by atoms with E-state index in [1.54, 1.807) is 4.90 Å². The lowest BCUT2D eigenvalue weighted by Crippen LogP contribution is -2.54. The van der Waals surface area contributed by atoms with Crippen LogP contribution in [0.5, 0.6) is 5.75 Å². The lowest BCUT2D eigenvalue weighted by Gasteiger charge is -2.38. The van der Waals surface area contributed by atoms with E-state index in [2.05, 4.69) is 35.7 Å². The molecule has 0 saturated carbocycles. The van der Waals surface area contributed by atoms with E-state index in [1.165, 1.54) is 11.1 Å². The first-order valence-electron chi connectivity index (χ1n) is 11.7. The first-order chi connectivity index (χ1) is 15.8. The maximum atomic E-state index is 12.2. The minimum absolute atomic E-state index is 0. The fraction of sp³-hybridized carbons (Fsp3) is 0.480. The number of ether oxygens (including phenoxy) is 1. The topological polar surface area (TPSA) is 131 Å². The molecule has 5 N–H and O–H groups in total. The number of hydrogen-bond donors (Lipinski definition) is 3. The largest absolute Gasteiger partial charge is 0.486 e. The number of phosphoric ester groups is 1. The highest BCUT2D eigenvalue weighted by Crippen LogP contribution is 2.39. The van der Waals surface area contributed by atoms with Crippen molar-refractivity contribution in [3.8, 4) is 5.75 Å². The fourth-order valence-corrected chi connectivity index (χ4v) is 4.48. The van der Waals surface area contributed by atoms with Gasteiger partial charge in [0, 0.05) is 19.5 Å². The zero-order chi connectivity index (χ0) is 23.7. The van der Waals surface area contributed by atoms with Crippen molar-refractivity contribution in [2.75, 3.05) is 13.1 Å². The standard InChI is InChI=1S/C25H34NO6P.H3N/c1-2-3-15-24(21-12-5-4-6-13-21)31-22-14-9-11-20(17-22)10-7-8-16-25(27)26-18-23(19-26)32-33(28,29)30;/h4-6,9,11-14,17,23-24H,2-3,7-8,10,15-16,18-19H2,1H3,(H2,28,29,30);1H3. The van der Waals surface area contributed by atoms with Crippen molar-refractivity contribution in [2.24, 2.45) is 0 Å². The average Bonchev–Trinajstić information content (AvgIpc) is 2.76. The fourth-order valence-electron chi connectivity index (χ4n) is 3.96. The van der Waals surface area contributed by atoms with Crippen LogP contribution in [0.4, 0.5) is 0 Å². The summed E-state index contributed by atoms with van der Waals surface area (Å²) in [6.07, 6.45) is 5.59. The van der Waals surface area contributed by atoms with Crippen molar-refractivity contribution in [3.05, 3.63) is 65.7 Å². The Balaban J connectivity index is 0.00000408. The van der Waals surface area contributed by atoms with Crippen LogP contribution < -0.4 is 10.9 Å². The number of benzene rings is 2. The summed E-state index contributed by atoms with van der Waals surface area (Å²) in [5.74, 6) is 0.865. The number of hydrogen-bond acceptors (Lipinski definition) is 5. The zero-order valence-electron chi connectivity index (χ0n) is 19.8. The van der Waals surface area contributed by atoms with Gasteiger partial charge < -0.3 is 25.6 Å². The minimum atomic E-state index is -4.49. The van der Waals surface area contributed by atoms with Crippen molar-refractivity contribution in [2.45, 2.75) is 64.1 Å². The van der Waals surface area contributed by atoms with E-state index < -0.39 is 13.9 Å². The van der Waals surface area contributed by atoms with Gasteiger partial charge in [-0.25, -0.2) is 4.57 Å². The van der Waals surface area contributed by atoms with Gasteiger partial charge in [-0.2, -0.15) is 0 Å². The molecule has 3 rings (SSSR count). The summed E-state index contributed by atoms with van der Waals surface area (Å²) in [4.78, 5) is 31.4. The Kier molecular flexibility index (Phi) is 11.2. The highest BCUT2D eigenvalue weighted by molar-refractivity contribution is 7.46. The maximum absolute atomic E-state index is 12.2. The van der Waals surface area contributed by atoms with Crippen molar-refractivity contribution in [1.82, 2.24) is 11.1 Å². The van der Waals surface area contributed by atoms with E-state index in [9.17, 15) is 9.36 Å². The number of carbonyl (C=O) groups excluding carboxylic acids is 1. The summed E-state index contributed by atoms with van der Waals surface area (Å²) >= 11 is 0. The van der Waals surface area contributed by atoms with E-state index in [0.29, 0.717) is 6.42 Å². The molecule has 0 radical (unpaired) electrons. The predicted octanol–water partition coefficient (Wildman–Crippen LogP) is 5.19. The predicted molar refractivity (Wildman–Crippen MR) is 132 cm³/mol. The molecule has 0 spiro atoms. The highest BCUT2D eigenvalue weighted by atomic mass is 31.2. The lowest BCUT2D eigenvalue weighted by molar-refractivity contribution is -0.140. The van der Waals surface area contributed by atoms with E-state index in [1.807, 2.05) is 30.3 Å². The molecule has 1 saturated heterocycles. The van der Waals surface area contributed by atoms with Gasteiger partial charge in [0.05, 0.1) is 0 Å². The van der Waals surface area contributed by atoms with Crippen molar-refractivity contribution in [1.29, 1.82) is 0 Å². The third-order valence-electron chi connectivity index (χ3n) is 5.76. The van der Waals surface area contributed by atoms with Crippen LogP contribution in [0.15, 0.2) is 54.6 Å². The third-order valence-corrected chi connectivity index (χ3v) is 6.33. The van der Waals surface area contributed by atoms with Crippen LogP contribution in [0.1, 0.15) is 62.7 Å². The van der Waals surface area contributed by atoms with Gasteiger partial charge in [0.15, 0.2) is 0 Å². The number of nitrogens with zero attached hydrogens (tertiary/aromatic N) is 1. The monoisotopic (exact) mass is 492 g/mol. The second-order valence-electron chi connectivity index (χ2n) is 8.53. The molecule has 1 heterocycles.